The predicted molar refractivity (Wildman–Crippen MR) is 68.6 cm³/mol. The van der Waals surface area contributed by atoms with Gasteiger partial charge in [-0.1, -0.05) is 0 Å². The van der Waals surface area contributed by atoms with E-state index < -0.39 is 0 Å². The Hall–Kier alpha value is -1.33. The Kier molecular flexibility index (Phi) is 4.04. The summed E-state index contributed by atoms with van der Waals surface area (Å²) in [5, 5.41) is 0. The molecule has 18 heavy (non-hydrogen) atoms. The lowest BCUT2D eigenvalue weighted by Gasteiger charge is -2.25. The molecular weight excluding hydrogens is 230 g/mol. The van der Waals surface area contributed by atoms with Crippen LogP contribution in [0.4, 0.5) is 0 Å². The van der Waals surface area contributed by atoms with Gasteiger partial charge in [0.25, 0.3) is 5.91 Å². The molecule has 0 unspecified atom stereocenters. The van der Waals surface area contributed by atoms with E-state index in [1.54, 1.807) is 6.07 Å². The fraction of sp³-hybridized carbons (Fsp3) is 0.615. The molecule has 1 amide bonds. The zero-order valence-corrected chi connectivity index (χ0v) is 11.0. The number of nitrogens with zero attached hydrogens (tertiary/aromatic N) is 1. The van der Waals surface area contributed by atoms with Gasteiger partial charge >= 0.3 is 0 Å². The second kappa shape index (κ2) is 5.54. The first-order valence-electron chi connectivity index (χ1n) is 6.42. The van der Waals surface area contributed by atoms with E-state index in [9.17, 15) is 4.79 Å². The van der Waals surface area contributed by atoms with Crippen molar-refractivity contribution in [3.8, 4) is 0 Å². The third-order valence-corrected chi connectivity index (χ3v) is 3.33. The summed E-state index contributed by atoms with van der Waals surface area (Å²) in [7, 11) is 0. The number of carbonyl (C=O) groups excluding carboxylic acids is 1. The Bertz CT molecular complexity index is 410. The monoisotopic (exact) mass is 251 g/mol. The van der Waals surface area contributed by atoms with Crippen molar-refractivity contribution in [2.24, 2.45) is 11.8 Å². The Morgan fingerprint density at radius 3 is 2.89 bits per heavy atom. The number of hydrogen-bond acceptors (Lipinski definition) is 4. The average Bonchev–Trinajstić information content (AvgIpc) is 3.04. The van der Waals surface area contributed by atoms with Crippen LogP contribution in [-0.2, 0) is 6.54 Å². The second-order valence-corrected chi connectivity index (χ2v) is 5.24. The SMILES string of the molecule is CC(C)N(Cc1cc(C(=O)NN)co1)CC1CC1. The first kappa shape index (κ1) is 13.1. The minimum Gasteiger partial charge on any atom is -0.467 e. The van der Waals surface area contributed by atoms with Crippen molar-refractivity contribution in [1.82, 2.24) is 10.3 Å². The number of amides is 1. The number of carbonyl (C=O) groups is 1. The number of nitrogens with one attached hydrogen (secondary N) is 1. The molecule has 5 nitrogen and oxygen atoms in total. The molecule has 1 fully saturated rings. The molecule has 3 N–H and O–H groups in total. The summed E-state index contributed by atoms with van der Waals surface area (Å²) in [6.07, 6.45) is 4.12. The van der Waals surface area contributed by atoms with Crippen LogP contribution < -0.4 is 11.3 Å². The molecule has 0 radical (unpaired) electrons. The van der Waals surface area contributed by atoms with E-state index in [0.717, 1.165) is 24.8 Å². The molecule has 1 aromatic rings. The van der Waals surface area contributed by atoms with Gasteiger partial charge in [-0.05, 0) is 38.7 Å². The van der Waals surface area contributed by atoms with Crippen molar-refractivity contribution in [2.75, 3.05) is 6.54 Å². The van der Waals surface area contributed by atoms with Crippen molar-refractivity contribution in [1.29, 1.82) is 0 Å². The Morgan fingerprint density at radius 2 is 2.33 bits per heavy atom. The van der Waals surface area contributed by atoms with E-state index >= 15 is 0 Å². The molecule has 0 spiro atoms. The number of nitrogen functional groups attached to an aromatic ring is 1. The van der Waals surface area contributed by atoms with Crippen LogP contribution in [0.25, 0.3) is 0 Å². The summed E-state index contributed by atoms with van der Waals surface area (Å²) in [5.41, 5.74) is 2.57. The van der Waals surface area contributed by atoms with Crippen LogP contribution in [0.3, 0.4) is 0 Å². The van der Waals surface area contributed by atoms with E-state index in [2.05, 4.69) is 24.2 Å². The van der Waals surface area contributed by atoms with Gasteiger partial charge in [-0.2, -0.15) is 0 Å². The normalized spacial score (nSPS) is 15.4. The van der Waals surface area contributed by atoms with E-state index in [1.165, 1.54) is 19.1 Å². The van der Waals surface area contributed by atoms with Crippen LogP contribution in [0.2, 0.25) is 0 Å². The highest BCUT2D eigenvalue weighted by molar-refractivity contribution is 5.93. The number of hydrazine groups is 1. The highest BCUT2D eigenvalue weighted by Crippen LogP contribution is 2.30. The van der Waals surface area contributed by atoms with Crippen LogP contribution >= 0.6 is 0 Å². The topological polar surface area (TPSA) is 71.5 Å². The molecule has 1 saturated carbocycles. The number of furan rings is 1. The van der Waals surface area contributed by atoms with Crippen molar-refractivity contribution < 1.29 is 9.21 Å². The molecule has 1 aliphatic carbocycles. The molecular formula is C13H21N3O2. The predicted octanol–water partition coefficient (Wildman–Crippen LogP) is 1.50. The Balaban J connectivity index is 1.97. The second-order valence-electron chi connectivity index (χ2n) is 5.24. The van der Waals surface area contributed by atoms with Crippen molar-refractivity contribution in [3.63, 3.8) is 0 Å². The van der Waals surface area contributed by atoms with Crippen molar-refractivity contribution >= 4 is 5.91 Å². The molecule has 0 aliphatic heterocycles. The summed E-state index contributed by atoms with van der Waals surface area (Å²) in [5.74, 6) is 6.42. The summed E-state index contributed by atoms with van der Waals surface area (Å²) in [6, 6.07) is 2.23. The summed E-state index contributed by atoms with van der Waals surface area (Å²) in [6.45, 7) is 6.21. The van der Waals surface area contributed by atoms with Crippen LogP contribution in [-0.4, -0.2) is 23.4 Å². The first-order valence-corrected chi connectivity index (χ1v) is 6.42. The van der Waals surface area contributed by atoms with Gasteiger partial charge in [0, 0.05) is 12.6 Å². The molecule has 0 aromatic carbocycles. The molecule has 100 valence electrons. The van der Waals surface area contributed by atoms with Crippen LogP contribution in [0.1, 0.15) is 42.8 Å². The van der Waals surface area contributed by atoms with E-state index in [1.807, 2.05) is 0 Å². The zero-order chi connectivity index (χ0) is 13.1. The van der Waals surface area contributed by atoms with Gasteiger partial charge in [-0.15, -0.1) is 0 Å². The highest BCUT2D eigenvalue weighted by Gasteiger charge is 2.26. The smallest absolute Gasteiger partial charge is 0.268 e. The fourth-order valence-electron chi connectivity index (χ4n) is 1.96. The molecule has 1 aromatic heterocycles. The van der Waals surface area contributed by atoms with Gasteiger partial charge in [0.05, 0.1) is 12.1 Å². The van der Waals surface area contributed by atoms with Gasteiger partial charge in [-0.25, -0.2) is 5.84 Å². The van der Waals surface area contributed by atoms with Crippen molar-refractivity contribution in [2.45, 2.75) is 39.3 Å². The van der Waals surface area contributed by atoms with Crippen LogP contribution in [0, 0.1) is 5.92 Å². The maximum absolute atomic E-state index is 11.3. The van der Waals surface area contributed by atoms with Crippen molar-refractivity contribution in [3.05, 3.63) is 23.7 Å². The standard InChI is InChI=1S/C13H21N3O2/c1-9(2)16(6-10-3-4-10)7-12-5-11(8-18-12)13(17)15-14/h5,8-10H,3-4,6-7,14H2,1-2H3,(H,15,17). The number of nitrogens with two attached hydrogens (primary N) is 1. The van der Waals surface area contributed by atoms with E-state index in [4.69, 9.17) is 10.3 Å². The van der Waals surface area contributed by atoms with Gasteiger partial charge in [0.1, 0.15) is 12.0 Å². The maximum atomic E-state index is 11.3. The lowest BCUT2D eigenvalue weighted by Crippen LogP contribution is -2.32. The third-order valence-electron chi connectivity index (χ3n) is 3.33. The Labute approximate surface area is 107 Å². The molecule has 1 heterocycles. The summed E-state index contributed by atoms with van der Waals surface area (Å²) < 4.78 is 5.41. The van der Waals surface area contributed by atoms with Crippen LogP contribution in [0.5, 0.6) is 0 Å². The largest absolute Gasteiger partial charge is 0.467 e. The zero-order valence-electron chi connectivity index (χ0n) is 11.0. The molecule has 2 rings (SSSR count). The van der Waals surface area contributed by atoms with Gasteiger partial charge in [-0.3, -0.25) is 15.1 Å². The minimum atomic E-state index is -0.316. The molecule has 0 atom stereocenters. The molecule has 5 heteroatoms. The highest BCUT2D eigenvalue weighted by atomic mass is 16.3. The van der Waals surface area contributed by atoms with Gasteiger partial charge < -0.3 is 4.42 Å². The quantitative estimate of drug-likeness (QED) is 0.456. The van der Waals surface area contributed by atoms with E-state index in [0.29, 0.717) is 11.6 Å². The maximum Gasteiger partial charge on any atom is 0.268 e. The lowest BCUT2D eigenvalue weighted by molar-refractivity contribution is 0.0953. The van der Waals surface area contributed by atoms with Gasteiger partial charge in [0.2, 0.25) is 0 Å². The van der Waals surface area contributed by atoms with Gasteiger partial charge in [0.15, 0.2) is 0 Å². The molecule has 0 bridgehead atoms. The summed E-state index contributed by atoms with van der Waals surface area (Å²) in [4.78, 5) is 13.7. The number of hydrogen-bond donors (Lipinski definition) is 2. The summed E-state index contributed by atoms with van der Waals surface area (Å²) >= 11 is 0. The third kappa shape index (κ3) is 3.34. The molecule has 0 saturated heterocycles. The average molecular weight is 251 g/mol. The Morgan fingerprint density at radius 1 is 1.61 bits per heavy atom. The fourth-order valence-corrected chi connectivity index (χ4v) is 1.96. The number of rotatable bonds is 6. The van der Waals surface area contributed by atoms with E-state index in [-0.39, 0.29) is 5.91 Å². The lowest BCUT2D eigenvalue weighted by atomic mass is 10.2. The van der Waals surface area contributed by atoms with Crippen LogP contribution in [0.15, 0.2) is 16.7 Å². The minimum absolute atomic E-state index is 0.316. The first-order chi connectivity index (χ1) is 8.60. The molecule has 1 aliphatic rings.